The van der Waals surface area contributed by atoms with Crippen LogP contribution in [0.5, 0.6) is 0 Å². The predicted molar refractivity (Wildman–Crippen MR) is 67.9 cm³/mol. The lowest BCUT2D eigenvalue weighted by Crippen LogP contribution is -2.21. The van der Waals surface area contributed by atoms with Crippen molar-refractivity contribution in [1.82, 2.24) is 9.88 Å². The van der Waals surface area contributed by atoms with Gasteiger partial charge in [-0.05, 0) is 37.4 Å². The van der Waals surface area contributed by atoms with Crippen LogP contribution in [-0.2, 0) is 6.54 Å². The van der Waals surface area contributed by atoms with Gasteiger partial charge in [0, 0.05) is 13.1 Å². The van der Waals surface area contributed by atoms with E-state index in [-0.39, 0.29) is 0 Å². The van der Waals surface area contributed by atoms with Gasteiger partial charge in [0.1, 0.15) is 5.15 Å². The van der Waals surface area contributed by atoms with Crippen molar-refractivity contribution in [2.24, 2.45) is 11.8 Å². The van der Waals surface area contributed by atoms with Gasteiger partial charge in [0.15, 0.2) is 0 Å². The Morgan fingerprint density at radius 3 is 2.75 bits per heavy atom. The van der Waals surface area contributed by atoms with Crippen LogP contribution in [0.4, 0.5) is 0 Å². The Kier molecular flexibility index (Phi) is 3.73. The molecule has 4 heteroatoms. The molecule has 0 amide bonds. The molecular weight excluding hydrogens is 243 g/mol. The number of halogens is 2. The minimum atomic E-state index is 0.507. The van der Waals surface area contributed by atoms with Crippen LogP contribution in [0.2, 0.25) is 10.2 Å². The Balaban J connectivity index is 1.94. The maximum atomic E-state index is 6.07. The van der Waals surface area contributed by atoms with Crippen molar-refractivity contribution in [2.75, 3.05) is 13.6 Å². The number of pyridine rings is 1. The number of hydrogen-bond acceptors (Lipinski definition) is 2. The van der Waals surface area contributed by atoms with Crippen LogP contribution in [0.1, 0.15) is 19.0 Å². The number of hydrogen-bond donors (Lipinski definition) is 0. The first-order valence-corrected chi connectivity index (χ1v) is 6.31. The molecule has 2 nitrogen and oxygen atoms in total. The van der Waals surface area contributed by atoms with Crippen LogP contribution in [0.3, 0.4) is 0 Å². The predicted octanol–water partition coefficient (Wildman–Crippen LogP) is 3.48. The Morgan fingerprint density at radius 1 is 1.44 bits per heavy atom. The lowest BCUT2D eigenvalue weighted by molar-refractivity contribution is 0.304. The molecule has 1 aliphatic carbocycles. The zero-order valence-corrected chi connectivity index (χ0v) is 11.1. The van der Waals surface area contributed by atoms with E-state index in [4.69, 9.17) is 23.2 Å². The summed E-state index contributed by atoms with van der Waals surface area (Å²) in [7, 11) is 2.10. The second-order valence-corrected chi connectivity index (χ2v) is 5.53. The number of nitrogens with zero attached hydrogens (tertiary/aromatic N) is 2. The highest BCUT2D eigenvalue weighted by molar-refractivity contribution is 6.32. The second-order valence-electron chi connectivity index (χ2n) is 4.73. The van der Waals surface area contributed by atoms with Crippen molar-refractivity contribution in [3.8, 4) is 0 Å². The lowest BCUT2D eigenvalue weighted by atomic mass is 10.3. The van der Waals surface area contributed by atoms with Crippen LogP contribution < -0.4 is 0 Å². The molecule has 0 radical (unpaired) electrons. The molecule has 1 aromatic heterocycles. The molecule has 2 rings (SSSR count). The summed E-state index contributed by atoms with van der Waals surface area (Å²) in [5, 5.41) is 1.20. The van der Waals surface area contributed by atoms with Gasteiger partial charge in [-0.3, -0.25) is 0 Å². The molecule has 2 unspecified atom stereocenters. The third-order valence-electron chi connectivity index (χ3n) is 3.13. The summed E-state index contributed by atoms with van der Waals surface area (Å²) in [6.07, 6.45) is 1.35. The minimum absolute atomic E-state index is 0.507. The fourth-order valence-electron chi connectivity index (χ4n) is 1.94. The summed E-state index contributed by atoms with van der Waals surface area (Å²) in [6.45, 7) is 4.18. The quantitative estimate of drug-likeness (QED) is 0.769. The maximum absolute atomic E-state index is 6.07. The van der Waals surface area contributed by atoms with Gasteiger partial charge in [0.2, 0.25) is 0 Å². The average molecular weight is 259 g/mol. The molecule has 1 aromatic rings. The van der Waals surface area contributed by atoms with Crippen molar-refractivity contribution in [2.45, 2.75) is 19.9 Å². The van der Waals surface area contributed by atoms with E-state index in [1.807, 2.05) is 0 Å². The molecule has 0 spiro atoms. The fourth-order valence-corrected chi connectivity index (χ4v) is 2.27. The van der Waals surface area contributed by atoms with E-state index >= 15 is 0 Å². The highest BCUT2D eigenvalue weighted by atomic mass is 35.5. The Labute approximate surface area is 107 Å². The monoisotopic (exact) mass is 258 g/mol. The largest absolute Gasteiger partial charge is 0.300 e. The van der Waals surface area contributed by atoms with E-state index in [1.165, 1.54) is 6.42 Å². The molecule has 0 saturated heterocycles. The SMILES string of the molecule is CC1CC1CN(C)Cc1nc(Cl)ccc1Cl. The van der Waals surface area contributed by atoms with Crippen molar-refractivity contribution in [1.29, 1.82) is 0 Å². The van der Waals surface area contributed by atoms with Crippen LogP contribution >= 0.6 is 23.2 Å². The first-order chi connectivity index (χ1) is 7.56. The number of rotatable bonds is 4. The smallest absolute Gasteiger partial charge is 0.129 e. The minimum Gasteiger partial charge on any atom is -0.300 e. The normalized spacial score (nSPS) is 23.8. The summed E-state index contributed by atoms with van der Waals surface area (Å²) >= 11 is 11.9. The molecule has 2 atom stereocenters. The van der Waals surface area contributed by atoms with E-state index in [0.29, 0.717) is 10.2 Å². The van der Waals surface area contributed by atoms with Gasteiger partial charge in [-0.2, -0.15) is 0 Å². The molecule has 1 aliphatic rings. The Bertz CT molecular complexity index is 381. The molecule has 16 heavy (non-hydrogen) atoms. The summed E-state index contributed by atoms with van der Waals surface area (Å²) in [5.41, 5.74) is 0.866. The topological polar surface area (TPSA) is 16.1 Å². The highest BCUT2D eigenvalue weighted by Gasteiger charge is 2.33. The zero-order chi connectivity index (χ0) is 11.7. The molecule has 1 fully saturated rings. The van der Waals surface area contributed by atoms with E-state index in [2.05, 4.69) is 23.9 Å². The van der Waals surface area contributed by atoms with Crippen LogP contribution in [-0.4, -0.2) is 23.5 Å². The zero-order valence-electron chi connectivity index (χ0n) is 9.58. The molecule has 0 N–H and O–H groups in total. The van der Waals surface area contributed by atoms with Gasteiger partial charge in [0.05, 0.1) is 10.7 Å². The van der Waals surface area contributed by atoms with Crippen molar-refractivity contribution >= 4 is 23.2 Å². The Morgan fingerprint density at radius 2 is 2.12 bits per heavy atom. The first-order valence-electron chi connectivity index (χ1n) is 5.55. The van der Waals surface area contributed by atoms with E-state index < -0.39 is 0 Å². The molecule has 1 heterocycles. The van der Waals surface area contributed by atoms with Crippen molar-refractivity contribution in [3.05, 3.63) is 28.0 Å². The Hall–Kier alpha value is -0.310. The number of aromatic nitrogens is 1. The molecule has 88 valence electrons. The van der Waals surface area contributed by atoms with E-state index in [1.54, 1.807) is 12.1 Å². The lowest BCUT2D eigenvalue weighted by Gasteiger charge is -2.16. The summed E-state index contributed by atoms with van der Waals surface area (Å²) in [5.74, 6) is 1.73. The first kappa shape index (κ1) is 12.2. The molecule has 0 bridgehead atoms. The van der Waals surface area contributed by atoms with Gasteiger partial charge in [-0.25, -0.2) is 4.98 Å². The summed E-state index contributed by atoms with van der Waals surface area (Å²) in [4.78, 5) is 6.51. The summed E-state index contributed by atoms with van der Waals surface area (Å²) in [6, 6.07) is 3.52. The molecule has 0 aromatic carbocycles. The standard InChI is InChI=1S/C12H16Cl2N2/c1-8-5-9(8)6-16(2)7-11-10(13)3-4-12(14)15-11/h3-4,8-9H,5-7H2,1-2H3. The fraction of sp³-hybridized carbons (Fsp3) is 0.583. The van der Waals surface area contributed by atoms with Gasteiger partial charge >= 0.3 is 0 Å². The van der Waals surface area contributed by atoms with Gasteiger partial charge in [0.25, 0.3) is 0 Å². The second kappa shape index (κ2) is 4.91. The molecule has 1 saturated carbocycles. The molecular formula is C12H16Cl2N2. The van der Waals surface area contributed by atoms with Gasteiger partial charge in [-0.15, -0.1) is 0 Å². The maximum Gasteiger partial charge on any atom is 0.129 e. The highest BCUT2D eigenvalue weighted by Crippen LogP contribution is 2.38. The van der Waals surface area contributed by atoms with Crippen molar-refractivity contribution < 1.29 is 0 Å². The van der Waals surface area contributed by atoms with Crippen LogP contribution in [0.25, 0.3) is 0 Å². The third kappa shape index (κ3) is 3.09. The third-order valence-corrected chi connectivity index (χ3v) is 3.68. The van der Waals surface area contributed by atoms with Crippen molar-refractivity contribution in [3.63, 3.8) is 0 Å². The average Bonchev–Trinajstić information content (AvgIpc) is 2.88. The van der Waals surface area contributed by atoms with Gasteiger partial charge < -0.3 is 4.90 Å². The summed E-state index contributed by atoms with van der Waals surface area (Å²) < 4.78 is 0. The van der Waals surface area contributed by atoms with Crippen LogP contribution in [0, 0.1) is 11.8 Å². The van der Waals surface area contributed by atoms with E-state index in [9.17, 15) is 0 Å². The molecule has 0 aliphatic heterocycles. The van der Waals surface area contributed by atoms with Gasteiger partial charge in [-0.1, -0.05) is 30.1 Å². The van der Waals surface area contributed by atoms with Crippen LogP contribution in [0.15, 0.2) is 12.1 Å². The van der Waals surface area contributed by atoms with E-state index in [0.717, 1.165) is 30.6 Å².